The summed E-state index contributed by atoms with van der Waals surface area (Å²) >= 11 is 6.01. The molecule has 0 atom stereocenters. The van der Waals surface area contributed by atoms with Gasteiger partial charge in [0, 0.05) is 12.6 Å². The van der Waals surface area contributed by atoms with Crippen LogP contribution < -0.4 is 0 Å². The van der Waals surface area contributed by atoms with E-state index in [0.29, 0.717) is 0 Å². The Morgan fingerprint density at radius 2 is 2.08 bits per heavy atom. The molecule has 3 rings (SSSR count). The number of aromatic nitrogens is 7. The number of carboxylic acids is 1. The second kappa shape index (κ2) is 6.71. The quantitative estimate of drug-likeness (QED) is 0.711. The van der Waals surface area contributed by atoms with Crippen molar-refractivity contribution in [2.75, 3.05) is 0 Å². The Kier molecular flexibility index (Phi) is 4.59. The molecule has 13 heteroatoms. The van der Waals surface area contributed by atoms with Crippen molar-refractivity contribution in [1.29, 1.82) is 0 Å². The minimum absolute atomic E-state index is 0.0743. The topological polar surface area (TPSA) is 112 Å². The van der Waals surface area contributed by atoms with Crippen molar-refractivity contribution in [3.63, 3.8) is 0 Å². The minimum atomic E-state index is -4.69. The Bertz CT molecular complexity index is 953. The smallest absolute Gasteiger partial charge is 0.455 e. The van der Waals surface area contributed by atoms with Crippen LogP contribution in [-0.2, 0) is 19.1 Å². The predicted octanol–water partition coefficient (Wildman–Crippen LogP) is 1.87. The van der Waals surface area contributed by atoms with E-state index in [1.165, 1.54) is 18.3 Å². The van der Waals surface area contributed by atoms with E-state index in [0.717, 1.165) is 9.48 Å². The van der Waals surface area contributed by atoms with Crippen LogP contribution in [0.4, 0.5) is 13.2 Å². The Morgan fingerprint density at radius 3 is 2.69 bits per heavy atom. The van der Waals surface area contributed by atoms with E-state index < -0.39 is 18.0 Å². The Balaban J connectivity index is 1.83. The van der Waals surface area contributed by atoms with E-state index in [-0.39, 0.29) is 35.2 Å². The van der Waals surface area contributed by atoms with Crippen molar-refractivity contribution in [1.82, 2.24) is 35.0 Å². The van der Waals surface area contributed by atoms with Gasteiger partial charge in [0.05, 0.1) is 17.3 Å². The fraction of sp³-hybridized carbons (Fsp3) is 0.231. The fourth-order valence-corrected chi connectivity index (χ4v) is 2.27. The summed E-state index contributed by atoms with van der Waals surface area (Å²) in [7, 11) is 0. The van der Waals surface area contributed by atoms with Crippen LogP contribution in [0, 0.1) is 0 Å². The third kappa shape index (κ3) is 3.64. The Morgan fingerprint density at radius 1 is 1.31 bits per heavy atom. The number of carbonyl (C=O) groups is 1. The fourth-order valence-electron chi connectivity index (χ4n) is 2.07. The summed E-state index contributed by atoms with van der Waals surface area (Å²) < 4.78 is 38.4. The second-order valence-electron chi connectivity index (χ2n) is 5.00. The first-order chi connectivity index (χ1) is 12.3. The normalized spacial score (nSPS) is 11.7. The van der Waals surface area contributed by atoms with Crippen LogP contribution in [0.3, 0.4) is 0 Å². The lowest BCUT2D eigenvalue weighted by atomic mass is 10.3. The molecule has 0 bridgehead atoms. The molecular weight excluding hydrogens is 379 g/mol. The molecule has 3 aromatic rings. The molecule has 3 aromatic heterocycles. The molecule has 0 saturated heterocycles. The molecule has 0 aliphatic carbocycles. The number of pyridine rings is 1. The van der Waals surface area contributed by atoms with Gasteiger partial charge < -0.3 is 5.11 Å². The summed E-state index contributed by atoms with van der Waals surface area (Å²) in [5.41, 5.74) is 0.0955. The highest BCUT2D eigenvalue weighted by molar-refractivity contribution is 6.32. The number of hydrogen-bond donors (Lipinski definition) is 1. The van der Waals surface area contributed by atoms with Gasteiger partial charge in [0.2, 0.25) is 0 Å². The molecular formula is C13H9ClF3N7O2. The first kappa shape index (κ1) is 17.8. The van der Waals surface area contributed by atoms with Gasteiger partial charge in [-0.25, -0.2) is 14.5 Å². The number of alkyl halides is 3. The average Bonchev–Trinajstić information content (AvgIpc) is 3.20. The molecule has 1 N–H and O–H groups in total. The van der Waals surface area contributed by atoms with E-state index in [9.17, 15) is 23.1 Å². The van der Waals surface area contributed by atoms with Gasteiger partial charge in [0.15, 0.2) is 11.5 Å². The maximum absolute atomic E-state index is 12.5. The van der Waals surface area contributed by atoms with Crippen LogP contribution in [0.1, 0.15) is 22.0 Å². The van der Waals surface area contributed by atoms with Crippen LogP contribution in [0.2, 0.25) is 5.02 Å². The monoisotopic (exact) mass is 387 g/mol. The van der Waals surface area contributed by atoms with Crippen molar-refractivity contribution in [2.45, 2.75) is 19.1 Å². The third-order valence-corrected chi connectivity index (χ3v) is 3.49. The lowest BCUT2D eigenvalue weighted by molar-refractivity contribution is -0.145. The van der Waals surface area contributed by atoms with Gasteiger partial charge in [0.25, 0.3) is 5.82 Å². The van der Waals surface area contributed by atoms with Crippen molar-refractivity contribution < 1.29 is 23.1 Å². The van der Waals surface area contributed by atoms with Gasteiger partial charge in [-0.3, -0.25) is 0 Å². The number of hydrogen-bond acceptors (Lipinski definition) is 6. The molecule has 0 unspecified atom stereocenters. The molecule has 9 nitrogen and oxygen atoms in total. The summed E-state index contributed by atoms with van der Waals surface area (Å²) in [6.07, 6.45) is -3.19. The van der Waals surface area contributed by atoms with Gasteiger partial charge in [-0.1, -0.05) is 11.6 Å². The molecule has 0 amide bonds. The van der Waals surface area contributed by atoms with Crippen LogP contribution in [0.25, 0.3) is 5.82 Å². The van der Waals surface area contributed by atoms with Crippen molar-refractivity contribution in [2.24, 2.45) is 0 Å². The van der Waals surface area contributed by atoms with Crippen molar-refractivity contribution in [3.05, 3.63) is 46.6 Å². The average molecular weight is 388 g/mol. The van der Waals surface area contributed by atoms with Gasteiger partial charge in [-0.2, -0.15) is 23.1 Å². The maximum Gasteiger partial charge on any atom is 0.455 e. The van der Waals surface area contributed by atoms with E-state index in [1.54, 1.807) is 6.07 Å². The molecule has 136 valence electrons. The number of halogens is 4. The van der Waals surface area contributed by atoms with Gasteiger partial charge in [-0.15, -0.1) is 10.2 Å². The van der Waals surface area contributed by atoms with Gasteiger partial charge in [0.1, 0.15) is 0 Å². The van der Waals surface area contributed by atoms with Crippen LogP contribution in [0.15, 0.2) is 24.4 Å². The van der Waals surface area contributed by atoms with Crippen molar-refractivity contribution in [3.8, 4) is 5.82 Å². The highest BCUT2D eigenvalue weighted by Crippen LogP contribution is 2.25. The molecule has 0 aliphatic heterocycles. The number of carboxylic acid groups (broad SMARTS) is 1. The first-order valence-electron chi connectivity index (χ1n) is 7.04. The Hall–Kier alpha value is -3.02. The minimum Gasteiger partial charge on any atom is -0.477 e. The van der Waals surface area contributed by atoms with E-state index in [1.807, 2.05) is 0 Å². The first-order valence-corrected chi connectivity index (χ1v) is 7.41. The highest BCUT2D eigenvalue weighted by Gasteiger charge is 2.36. The lowest BCUT2D eigenvalue weighted by Gasteiger charge is -2.04. The zero-order valence-electron chi connectivity index (χ0n) is 12.7. The summed E-state index contributed by atoms with van der Waals surface area (Å²) in [4.78, 5) is 16.2. The maximum atomic E-state index is 12.5. The van der Waals surface area contributed by atoms with Crippen molar-refractivity contribution >= 4 is 17.6 Å². The Labute approximate surface area is 148 Å². The standard InChI is InChI=1S/C13H9ClF3N7O2/c14-8-2-1-4-18-10(8)24-9(11(25)26)6-7(20-24)3-5-23-21-12(19-22-23)13(15,16)17/h1-2,4,6H,3,5H2,(H,25,26). The summed E-state index contributed by atoms with van der Waals surface area (Å²) in [5, 5.41) is 23.1. The predicted molar refractivity (Wildman–Crippen MR) is 79.9 cm³/mol. The van der Waals surface area contributed by atoms with E-state index in [4.69, 9.17) is 11.6 Å². The third-order valence-electron chi connectivity index (χ3n) is 3.19. The van der Waals surface area contributed by atoms with Gasteiger partial charge >= 0.3 is 12.1 Å². The number of nitrogens with zero attached hydrogens (tertiary/aromatic N) is 7. The summed E-state index contributed by atoms with van der Waals surface area (Å²) in [6, 6.07) is 4.37. The van der Waals surface area contributed by atoms with Gasteiger partial charge in [-0.05, 0) is 23.4 Å². The second-order valence-corrected chi connectivity index (χ2v) is 5.41. The zero-order chi connectivity index (χ0) is 18.9. The largest absolute Gasteiger partial charge is 0.477 e. The van der Waals surface area contributed by atoms with Crippen LogP contribution in [0.5, 0.6) is 0 Å². The summed E-state index contributed by atoms with van der Waals surface area (Å²) in [5.74, 6) is -2.49. The number of rotatable bonds is 5. The molecule has 3 heterocycles. The highest BCUT2D eigenvalue weighted by atomic mass is 35.5. The molecule has 26 heavy (non-hydrogen) atoms. The molecule has 0 radical (unpaired) electrons. The molecule has 0 spiro atoms. The molecule has 0 saturated carbocycles. The van der Waals surface area contributed by atoms with Crippen LogP contribution in [-0.4, -0.2) is 46.0 Å². The number of aryl methyl sites for hydroxylation is 2. The zero-order valence-corrected chi connectivity index (χ0v) is 13.5. The van der Waals surface area contributed by atoms with E-state index in [2.05, 4.69) is 25.5 Å². The molecule has 0 fully saturated rings. The molecule has 0 aromatic carbocycles. The number of tetrazole rings is 1. The van der Waals surface area contributed by atoms with Crippen LogP contribution >= 0.6 is 11.6 Å². The SMILES string of the molecule is O=C(O)c1cc(CCn2nnc(C(F)(F)F)n2)nn1-c1ncccc1Cl. The summed E-state index contributed by atoms with van der Waals surface area (Å²) in [6.45, 7) is -0.0743. The lowest BCUT2D eigenvalue weighted by Crippen LogP contribution is -2.11. The van der Waals surface area contributed by atoms with E-state index >= 15 is 0 Å². The molecule has 0 aliphatic rings. The number of aromatic carboxylic acids is 1.